The number of ether oxygens (including phenoxy) is 3. The van der Waals surface area contributed by atoms with Crippen LogP contribution >= 0.6 is 0 Å². The van der Waals surface area contributed by atoms with Crippen LogP contribution in [0.1, 0.15) is 41.9 Å². The smallest absolute Gasteiger partial charge is 0.306 e. The predicted molar refractivity (Wildman–Crippen MR) is 124 cm³/mol. The van der Waals surface area contributed by atoms with Crippen LogP contribution in [0.2, 0.25) is 0 Å². The van der Waals surface area contributed by atoms with Crippen molar-refractivity contribution in [2.45, 2.75) is 32.3 Å². The number of aliphatic hydroxyl groups is 1. The van der Waals surface area contributed by atoms with E-state index >= 15 is 0 Å². The van der Waals surface area contributed by atoms with E-state index in [2.05, 4.69) is 0 Å². The highest BCUT2D eigenvalue weighted by Crippen LogP contribution is 2.38. The summed E-state index contributed by atoms with van der Waals surface area (Å²) in [4.78, 5) is 24.5. The molecular weight excluding hydrogens is 440 g/mol. The first-order valence-corrected chi connectivity index (χ1v) is 10.9. The molecule has 0 aliphatic rings. The summed E-state index contributed by atoms with van der Waals surface area (Å²) < 4.78 is 22.0. The molecule has 8 heteroatoms. The van der Waals surface area contributed by atoms with Gasteiger partial charge < -0.3 is 28.8 Å². The van der Waals surface area contributed by atoms with E-state index in [4.69, 9.17) is 18.6 Å². The fourth-order valence-corrected chi connectivity index (χ4v) is 3.56. The third-order valence-corrected chi connectivity index (χ3v) is 5.23. The van der Waals surface area contributed by atoms with Crippen LogP contribution in [0.15, 0.2) is 63.8 Å². The number of hydrogen-bond donors (Lipinski definition) is 2. The maximum Gasteiger partial charge on any atom is 0.306 e. The number of rotatable bonds is 11. The second-order valence-electron chi connectivity index (χ2n) is 7.50. The fraction of sp³-hybridized carbons (Fsp3) is 0.308. The summed E-state index contributed by atoms with van der Waals surface area (Å²) in [5.41, 5.74) is 0.961. The first-order valence-electron chi connectivity index (χ1n) is 10.9. The summed E-state index contributed by atoms with van der Waals surface area (Å²) in [6.07, 6.45) is 0.515. The van der Waals surface area contributed by atoms with Crippen molar-refractivity contribution in [3.63, 3.8) is 0 Å². The molecule has 1 unspecified atom stereocenters. The number of carbonyl (C=O) groups is 1. The molecule has 2 aromatic carbocycles. The summed E-state index contributed by atoms with van der Waals surface area (Å²) in [6.45, 7) is 1.75. The number of esters is 1. The number of carbonyl (C=O) groups excluding carboxylic acids is 1. The Kier molecular flexibility index (Phi) is 8.70. The summed E-state index contributed by atoms with van der Waals surface area (Å²) in [5.74, 6) is -1.26. The number of benzene rings is 2. The Balaban J connectivity index is 1.92. The van der Waals surface area contributed by atoms with Gasteiger partial charge in [0, 0.05) is 12.5 Å². The highest BCUT2D eigenvalue weighted by molar-refractivity contribution is 5.71. The molecule has 3 aromatic rings. The molecule has 0 fully saturated rings. The van der Waals surface area contributed by atoms with Crippen molar-refractivity contribution in [3.8, 4) is 17.2 Å². The van der Waals surface area contributed by atoms with E-state index in [0.29, 0.717) is 30.1 Å². The average molecular weight is 469 g/mol. The van der Waals surface area contributed by atoms with E-state index in [1.165, 1.54) is 7.11 Å². The molecule has 1 heterocycles. The molecule has 0 aliphatic heterocycles. The van der Waals surface area contributed by atoms with Crippen LogP contribution in [-0.4, -0.2) is 36.5 Å². The second kappa shape index (κ2) is 11.9. The first-order chi connectivity index (χ1) is 16.5. The van der Waals surface area contributed by atoms with Crippen LogP contribution < -0.4 is 14.9 Å². The van der Waals surface area contributed by atoms with Crippen molar-refractivity contribution in [1.82, 2.24) is 0 Å². The fourth-order valence-electron chi connectivity index (χ4n) is 3.56. The molecular formula is C26H28O8. The van der Waals surface area contributed by atoms with Crippen molar-refractivity contribution in [2.24, 2.45) is 0 Å². The molecule has 0 radical (unpaired) electrons. The highest BCUT2D eigenvalue weighted by atomic mass is 16.5. The Morgan fingerprint density at radius 3 is 2.53 bits per heavy atom. The van der Waals surface area contributed by atoms with Gasteiger partial charge >= 0.3 is 5.97 Å². The van der Waals surface area contributed by atoms with Gasteiger partial charge in [-0.2, -0.15) is 0 Å². The molecule has 2 N–H and O–H groups in total. The third kappa shape index (κ3) is 6.17. The molecule has 1 aromatic heterocycles. The zero-order chi connectivity index (χ0) is 24.5. The van der Waals surface area contributed by atoms with E-state index < -0.39 is 29.7 Å². The Labute approximate surface area is 197 Å². The molecule has 0 aliphatic carbocycles. The largest absolute Gasteiger partial charge is 0.502 e. The number of aromatic hydroxyl groups is 1. The second-order valence-corrected chi connectivity index (χ2v) is 7.50. The maximum atomic E-state index is 12.3. The SMILES string of the molecule is CCOC(=O)CC(c1ccc(OCCc2ccccc2)c(OC)c1)c1oc(CO)cc(=O)c1O. The summed E-state index contributed by atoms with van der Waals surface area (Å²) >= 11 is 0. The Hall–Kier alpha value is -3.78. The Bertz CT molecular complexity index is 1150. The van der Waals surface area contributed by atoms with Gasteiger partial charge in [-0.25, -0.2) is 0 Å². The topological polar surface area (TPSA) is 115 Å². The minimum absolute atomic E-state index is 0.0283. The van der Waals surface area contributed by atoms with Gasteiger partial charge in [0.1, 0.15) is 12.4 Å². The van der Waals surface area contributed by atoms with Gasteiger partial charge in [-0.15, -0.1) is 0 Å². The zero-order valence-electron chi connectivity index (χ0n) is 19.2. The third-order valence-electron chi connectivity index (χ3n) is 5.23. The van der Waals surface area contributed by atoms with Crippen molar-refractivity contribution >= 4 is 5.97 Å². The Morgan fingerprint density at radius 2 is 1.85 bits per heavy atom. The average Bonchev–Trinajstić information content (AvgIpc) is 2.85. The van der Waals surface area contributed by atoms with Crippen LogP contribution in [0, 0.1) is 0 Å². The molecule has 1 atom stereocenters. The molecule has 8 nitrogen and oxygen atoms in total. The van der Waals surface area contributed by atoms with E-state index in [1.54, 1.807) is 25.1 Å². The maximum absolute atomic E-state index is 12.3. The minimum atomic E-state index is -0.856. The molecule has 0 saturated carbocycles. The lowest BCUT2D eigenvalue weighted by Gasteiger charge is -2.19. The van der Waals surface area contributed by atoms with Gasteiger partial charge in [-0.3, -0.25) is 9.59 Å². The van der Waals surface area contributed by atoms with Crippen LogP contribution in [0.25, 0.3) is 0 Å². The van der Waals surface area contributed by atoms with Gasteiger partial charge in [0.15, 0.2) is 17.3 Å². The van der Waals surface area contributed by atoms with Gasteiger partial charge in [0.25, 0.3) is 0 Å². The monoisotopic (exact) mass is 468 g/mol. The molecule has 0 bridgehead atoms. The summed E-state index contributed by atoms with van der Waals surface area (Å²) in [5, 5.41) is 19.8. The number of methoxy groups -OCH3 is 1. The summed E-state index contributed by atoms with van der Waals surface area (Å²) in [7, 11) is 1.49. The van der Waals surface area contributed by atoms with Crippen LogP contribution in [0.4, 0.5) is 0 Å². The normalized spacial score (nSPS) is 11.6. The van der Waals surface area contributed by atoms with E-state index in [-0.39, 0.29) is 24.5 Å². The van der Waals surface area contributed by atoms with Crippen LogP contribution in [-0.2, 0) is 22.6 Å². The predicted octanol–water partition coefficient (Wildman–Crippen LogP) is 3.55. The van der Waals surface area contributed by atoms with Gasteiger partial charge in [0.2, 0.25) is 11.2 Å². The van der Waals surface area contributed by atoms with Crippen molar-refractivity contribution in [2.75, 3.05) is 20.3 Å². The lowest BCUT2D eigenvalue weighted by Crippen LogP contribution is -2.15. The van der Waals surface area contributed by atoms with Gasteiger partial charge in [-0.1, -0.05) is 36.4 Å². The number of aliphatic hydroxyl groups excluding tert-OH is 1. The highest BCUT2D eigenvalue weighted by Gasteiger charge is 2.27. The van der Waals surface area contributed by atoms with Crippen molar-refractivity contribution in [3.05, 3.63) is 87.5 Å². The standard InChI is InChI=1S/C26H28O8/c1-3-32-24(29)15-20(26-25(30)21(28)14-19(16-27)34-26)18-9-10-22(23(13-18)31-2)33-12-11-17-7-5-4-6-8-17/h4-10,13-14,20,27,30H,3,11-12,15-16H2,1-2H3. The van der Waals surface area contributed by atoms with Crippen LogP contribution in [0.5, 0.6) is 17.2 Å². The quantitative estimate of drug-likeness (QED) is 0.411. The molecule has 34 heavy (non-hydrogen) atoms. The van der Waals surface area contributed by atoms with Crippen LogP contribution in [0.3, 0.4) is 0 Å². The first kappa shape index (κ1) is 24.9. The lowest BCUT2D eigenvalue weighted by molar-refractivity contribution is -0.143. The van der Waals surface area contributed by atoms with Crippen molar-refractivity contribution < 1.29 is 33.6 Å². The molecule has 0 saturated heterocycles. The molecule has 0 amide bonds. The Morgan fingerprint density at radius 1 is 1.09 bits per heavy atom. The zero-order valence-corrected chi connectivity index (χ0v) is 19.2. The van der Waals surface area contributed by atoms with E-state index in [9.17, 15) is 19.8 Å². The van der Waals surface area contributed by atoms with E-state index in [1.807, 2.05) is 30.3 Å². The molecule has 180 valence electrons. The summed E-state index contributed by atoms with van der Waals surface area (Å²) in [6, 6.07) is 16.0. The molecule has 0 spiro atoms. The van der Waals surface area contributed by atoms with Gasteiger partial charge in [-0.05, 0) is 30.2 Å². The number of hydrogen-bond acceptors (Lipinski definition) is 8. The molecule has 3 rings (SSSR count). The lowest BCUT2D eigenvalue weighted by atomic mass is 9.91. The van der Waals surface area contributed by atoms with E-state index in [0.717, 1.165) is 11.6 Å². The van der Waals surface area contributed by atoms with Crippen molar-refractivity contribution in [1.29, 1.82) is 0 Å². The van der Waals surface area contributed by atoms with Gasteiger partial charge in [0.05, 0.1) is 32.7 Å². The minimum Gasteiger partial charge on any atom is -0.502 e.